The van der Waals surface area contributed by atoms with Gasteiger partial charge in [0.15, 0.2) is 5.82 Å². The quantitative estimate of drug-likeness (QED) is 0.902. The number of thioether (sulfide) groups is 1. The van der Waals surface area contributed by atoms with Crippen LogP contribution in [0.2, 0.25) is 0 Å². The van der Waals surface area contributed by atoms with Crippen LogP contribution in [0, 0.1) is 6.92 Å². The first-order valence-electron chi connectivity index (χ1n) is 5.50. The third kappa shape index (κ3) is 1.93. The van der Waals surface area contributed by atoms with Gasteiger partial charge in [0, 0.05) is 29.0 Å². The summed E-state index contributed by atoms with van der Waals surface area (Å²) >= 11 is 3.65. The zero-order valence-corrected chi connectivity index (χ0v) is 11.4. The van der Waals surface area contributed by atoms with Gasteiger partial charge in [0.1, 0.15) is 5.82 Å². The number of nitrogens with one attached hydrogen (secondary N) is 1. The van der Waals surface area contributed by atoms with Crippen LogP contribution in [0.25, 0.3) is 10.7 Å². The maximum absolute atomic E-state index is 4.68. The Hall–Kier alpha value is -1.07. The molecule has 0 aromatic carbocycles. The Morgan fingerprint density at radius 2 is 2.12 bits per heavy atom. The minimum atomic E-state index is 0.855. The Kier molecular flexibility index (Phi) is 2.80. The summed E-state index contributed by atoms with van der Waals surface area (Å²) in [6.45, 7) is 2.11. The highest BCUT2D eigenvalue weighted by atomic mass is 32.2. The number of aromatic nitrogens is 2. The molecule has 0 atom stereocenters. The van der Waals surface area contributed by atoms with Crippen molar-refractivity contribution in [2.75, 3.05) is 12.4 Å². The molecule has 1 aliphatic heterocycles. The average molecular weight is 263 g/mol. The minimum Gasteiger partial charge on any atom is -0.373 e. The summed E-state index contributed by atoms with van der Waals surface area (Å²) in [6, 6.07) is 4.22. The Bertz CT molecular complexity index is 563. The van der Waals surface area contributed by atoms with E-state index in [1.807, 2.05) is 18.8 Å². The Morgan fingerprint density at radius 3 is 2.82 bits per heavy atom. The number of hydrogen-bond acceptors (Lipinski definition) is 5. The first-order chi connectivity index (χ1) is 8.28. The Balaban J connectivity index is 2.12. The lowest BCUT2D eigenvalue weighted by Crippen LogP contribution is -2.02. The predicted octanol–water partition coefficient (Wildman–Crippen LogP) is 3.30. The predicted molar refractivity (Wildman–Crippen MR) is 74.6 cm³/mol. The fourth-order valence-corrected chi connectivity index (χ4v) is 3.77. The molecule has 0 saturated carbocycles. The van der Waals surface area contributed by atoms with Crippen LogP contribution in [-0.4, -0.2) is 17.0 Å². The molecule has 0 saturated heterocycles. The largest absolute Gasteiger partial charge is 0.373 e. The Morgan fingerprint density at radius 1 is 1.24 bits per heavy atom. The molecule has 88 valence electrons. The minimum absolute atomic E-state index is 0.855. The van der Waals surface area contributed by atoms with Crippen molar-refractivity contribution in [3.05, 3.63) is 28.3 Å². The highest BCUT2D eigenvalue weighted by molar-refractivity contribution is 7.98. The summed E-state index contributed by atoms with van der Waals surface area (Å²) in [6.07, 6.45) is 0. The van der Waals surface area contributed by atoms with Crippen molar-refractivity contribution in [3.63, 3.8) is 0 Å². The normalized spacial score (nSPS) is 13.8. The van der Waals surface area contributed by atoms with Gasteiger partial charge < -0.3 is 5.32 Å². The molecule has 0 amide bonds. The summed E-state index contributed by atoms with van der Waals surface area (Å²) < 4.78 is 0. The summed E-state index contributed by atoms with van der Waals surface area (Å²) in [5.41, 5.74) is 2.46. The van der Waals surface area contributed by atoms with Gasteiger partial charge in [-0.1, -0.05) is 0 Å². The van der Waals surface area contributed by atoms with Gasteiger partial charge >= 0.3 is 0 Å². The van der Waals surface area contributed by atoms with Gasteiger partial charge in [0.25, 0.3) is 0 Å². The van der Waals surface area contributed by atoms with Crippen LogP contribution in [-0.2, 0) is 11.5 Å². The summed E-state index contributed by atoms with van der Waals surface area (Å²) in [5.74, 6) is 3.87. The first kappa shape index (κ1) is 11.0. The van der Waals surface area contributed by atoms with Crippen LogP contribution >= 0.6 is 23.1 Å². The van der Waals surface area contributed by atoms with E-state index < -0.39 is 0 Å². The number of aryl methyl sites for hydroxylation is 1. The summed E-state index contributed by atoms with van der Waals surface area (Å²) in [7, 11) is 1.93. The lowest BCUT2D eigenvalue weighted by molar-refractivity contribution is 1.08. The fourth-order valence-electron chi connectivity index (χ4n) is 1.92. The van der Waals surface area contributed by atoms with E-state index in [0.717, 1.165) is 28.0 Å². The monoisotopic (exact) mass is 263 g/mol. The van der Waals surface area contributed by atoms with E-state index in [2.05, 4.69) is 34.3 Å². The third-order valence-corrected chi connectivity index (χ3v) is 4.74. The number of hydrogen-bond donors (Lipinski definition) is 1. The zero-order chi connectivity index (χ0) is 11.8. The van der Waals surface area contributed by atoms with Crippen molar-refractivity contribution in [2.45, 2.75) is 18.4 Å². The summed E-state index contributed by atoms with van der Waals surface area (Å²) in [5, 5.41) is 3.18. The van der Waals surface area contributed by atoms with E-state index in [4.69, 9.17) is 0 Å². The second-order valence-corrected chi connectivity index (χ2v) is 6.25. The zero-order valence-electron chi connectivity index (χ0n) is 9.78. The van der Waals surface area contributed by atoms with Crippen molar-refractivity contribution < 1.29 is 0 Å². The number of fused-ring (bicyclic) bond motifs is 1. The van der Waals surface area contributed by atoms with Crippen LogP contribution in [0.1, 0.15) is 16.1 Å². The molecule has 5 heteroatoms. The fraction of sp³-hybridized carbons (Fsp3) is 0.333. The molecule has 0 unspecified atom stereocenters. The number of nitrogens with zero attached hydrogens (tertiary/aromatic N) is 2. The van der Waals surface area contributed by atoms with Crippen molar-refractivity contribution >= 4 is 28.9 Å². The molecule has 0 spiro atoms. The second-order valence-electron chi connectivity index (χ2n) is 3.97. The van der Waals surface area contributed by atoms with Crippen LogP contribution in [0.3, 0.4) is 0 Å². The molecule has 0 bridgehead atoms. The highest BCUT2D eigenvalue weighted by Gasteiger charge is 2.19. The van der Waals surface area contributed by atoms with E-state index in [9.17, 15) is 0 Å². The van der Waals surface area contributed by atoms with Crippen LogP contribution in [0.15, 0.2) is 12.1 Å². The molecule has 1 N–H and O–H groups in total. The molecule has 0 radical (unpaired) electrons. The van der Waals surface area contributed by atoms with Crippen LogP contribution < -0.4 is 5.32 Å². The molecule has 2 aromatic heterocycles. The topological polar surface area (TPSA) is 37.8 Å². The molecule has 1 aliphatic rings. The van der Waals surface area contributed by atoms with Gasteiger partial charge in [-0.15, -0.1) is 11.3 Å². The number of rotatable bonds is 2. The van der Waals surface area contributed by atoms with E-state index in [-0.39, 0.29) is 0 Å². The van der Waals surface area contributed by atoms with Crippen molar-refractivity contribution in [2.24, 2.45) is 0 Å². The standard InChI is InChI=1S/C12H13N3S2/c1-7-3-4-10(17-7)12-14-9-6-16-5-8(9)11(13-2)15-12/h3-4H,5-6H2,1-2H3,(H,13,14,15). The maximum Gasteiger partial charge on any atom is 0.171 e. The molecule has 3 rings (SSSR count). The van der Waals surface area contributed by atoms with Gasteiger partial charge in [-0.25, -0.2) is 9.97 Å². The molecule has 17 heavy (non-hydrogen) atoms. The van der Waals surface area contributed by atoms with E-state index in [1.165, 1.54) is 16.1 Å². The molecule has 2 aromatic rings. The molecule has 0 aliphatic carbocycles. The van der Waals surface area contributed by atoms with Crippen LogP contribution in [0.5, 0.6) is 0 Å². The van der Waals surface area contributed by atoms with Gasteiger partial charge in [-0.2, -0.15) is 11.8 Å². The van der Waals surface area contributed by atoms with Crippen molar-refractivity contribution in [1.29, 1.82) is 0 Å². The maximum atomic E-state index is 4.68. The molecule has 0 fully saturated rings. The molecular weight excluding hydrogens is 250 g/mol. The highest BCUT2D eigenvalue weighted by Crippen LogP contribution is 2.35. The second kappa shape index (κ2) is 4.31. The SMILES string of the molecule is CNc1nc(-c2ccc(C)s2)nc2c1CSC2. The van der Waals surface area contributed by atoms with E-state index >= 15 is 0 Å². The van der Waals surface area contributed by atoms with E-state index in [0.29, 0.717) is 0 Å². The molecule has 3 heterocycles. The smallest absolute Gasteiger partial charge is 0.171 e. The van der Waals surface area contributed by atoms with E-state index in [1.54, 1.807) is 11.3 Å². The first-order valence-corrected chi connectivity index (χ1v) is 7.47. The Labute approximate surface area is 109 Å². The lowest BCUT2D eigenvalue weighted by Gasteiger charge is -2.07. The van der Waals surface area contributed by atoms with Gasteiger partial charge in [-0.3, -0.25) is 0 Å². The summed E-state index contributed by atoms with van der Waals surface area (Å²) in [4.78, 5) is 11.8. The average Bonchev–Trinajstić information content (AvgIpc) is 2.95. The van der Waals surface area contributed by atoms with Crippen molar-refractivity contribution in [3.8, 4) is 10.7 Å². The van der Waals surface area contributed by atoms with Gasteiger partial charge in [0.05, 0.1) is 10.6 Å². The third-order valence-electron chi connectivity index (χ3n) is 2.78. The van der Waals surface area contributed by atoms with Crippen molar-refractivity contribution in [1.82, 2.24) is 9.97 Å². The lowest BCUT2D eigenvalue weighted by atomic mass is 10.2. The number of thiophene rings is 1. The number of anilines is 1. The molecule has 3 nitrogen and oxygen atoms in total. The molecular formula is C12H13N3S2. The van der Waals surface area contributed by atoms with Gasteiger partial charge in [0.2, 0.25) is 0 Å². The van der Waals surface area contributed by atoms with Crippen LogP contribution in [0.4, 0.5) is 5.82 Å². The van der Waals surface area contributed by atoms with Gasteiger partial charge in [-0.05, 0) is 19.1 Å².